The van der Waals surface area contributed by atoms with Gasteiger partial charge >= 0.3 is 6.18 Å². The summed E-state index contributed by atoms with van der Waals surface area (Å²) in [5.74, 6) is -0.889. The van der Waals surface area contributed by atoms with E-state index in [1.165, 1.54) is 24.3 Å². The Morgan fingerprint density at radius 2 is 1.48 bits per heavy atom. The molecule has 2 N–H and O–H groups in total. The summed E-state index contributed by atoms with van der Waals surface area (Å²) in [6, 6.07) is 13.7. The van der Waals surface area contributed by atoms with Crippen molar-refractivity contribution in [3.05, 3.63) is 95.3 Å². The molecule has 0 saturated carbocycles. The van der Waals surface area contributed by atoms with Gasteiger partial charge in [0.15, 0.2) is 0 Å². The highest BCUT2D eigenvalue weighted by Gasteiger charge is 2.30. The largest absolute Gasteiger partial charge is 0.416 e. The van der Waals surface area contributed by atoms with Crippen molar-refractivity contribution in [1.82, 2.24) is 10.3 Å². The number of rotatable bonds is 5. The lowest BCUT2D eigenvalue weighted by atomic mass is 10.1. The van der Waals surface area contributed by atoms with E-state index in [0.717, 1.165) is 17.7 Å². The highest BCUT2D eigenvalue weighted by atomic mass is 19.4. The van der Waals surface area contributed by atoms with Gasteiger partial charge in [-0.2, -0.15) is 13.2 Å². The maximum Gasteiger partial charge on any atom is 0.416 e. The molecule has 0 aliphatic heterocycles. The Balaban J connectivity index is 1.65. The van der Waals surface area contributed by atoms with Crippen molar-refractivity contribution >= 4 is 17.5 Å². The number of carbonyl (C=O) groups excluding carboxylic acids is 2. The normalized spacial score (nSPS) is 11.0. The first kappa shape index (κ1) is 20.1. The number of hydrogen-bond acceptors (Lipinski definition) is 3. The van der Waals surface area contributed by atoms with Crippen LogP contribution in [0.4, 0.5) is 18.9 Å². The molecule has 3 rings (SSSR count). The van der Waals surface area contributed by atoms with E-state index in [4.69, 9.17) is 0 Å². The number of aromatic nitrogens is 1. The second kappa shape index (κ2) is 8.55. The number of hydrogen-bond donors (Lipinski definition) is 2. The molecule has 2 aromatic carbocycles. The molecule has 148 valence electrons. The summed E-state index contributed by atoms with van der Waals surface area (Å²) < 4.78 is 37.8. The van der Waals surface area contributed by atoms with Crippen LogP contribution in [0.2, 0.25) is 0 Å². The lowest BCUT2D eigenvalue weighted by Gasteiger charge is -2.10. The van der Waals surface area contributed by atoms with Crippen LogP contribution in [0.3, 0.4) is 0 Å². The van der Waals surface area contributed by atoms with E-state index in [0.29, 0.717) is 12.1 Å². The minimum absolute atomic E-state index is 0.210. The van der Waals surface area contributed by atoms with E-state index in [-0.39, 0.29) is 17.2 Å². The number of benzene rings is 2. The van der Waals surface area contributed by atoms with Gasteiger partial charge < -0.3 is 10.6 Å². The average molecular weight is 399 g/mol. The third-order valence-electron chi connectivity index (χ3n) is 4.06. The minimum Gasteiger partial charge on any atom is -0.348 e. The van der Waals surface area contributed by atoms with Crippen molar-refractivity contribution in [1.29, 1.82) is 0 Å². The van der Waals surface area contributed by atoms with Gasteiger partial charge in [0.2, 0.25) is 0 Å². The van der Waals surface area contributed by atoms with Crippen LogP contribution in [0.5, 0.6) is 0 Å². The number of alkyl halides is 3. The Hall–Kier alpha value is -3.68. The van der Waals surface area contributed by atoms with Gasteiger partial charge in [-0.05, 0) is 60.2 Å². The highest BCUT2D eigenvalue weighted by Crippen LogP contribution is 2.29. The van der Waals surface area contributed by atoms with E-state index < -0.39 is 17.6 Å². The van der Waals surface area contributed by atoms with E-state index in [1.54, 1.807) is 36.7 Å². The fourth-order valence-corrected chi connectivity index (χ4v) is 2.53. The van der Waals surface area contributed by atoms with Gasteiger partial charge in [-0.3, -0.25) is 14.6 Å². The Morgan fingerprint density at radius 3 is 2.10 bits per heavy atom. The number of carbonyl (C=O) groups is 2. The molecule has 3 aromatic rings. The standard InChI is InChI=1S/C21H16F3N3O2/c22-21(23,24)17-4-6-18(7-5-17)27-20(29)16-3-1-2-15(12-16)19(28)26-13-14-8-10-25-11-9-14/h1-12H,13H2,(H,26,28)(H,27,29). The minimum atomic E-state index is -4.44. The van der Waals surface area contributed by atoms with Crippen molar-refractivity contribution in [3.8, 4) is 0 Å². The maximum atomic E-state index is 12.6. The summed E-state index contributed by atoms with van der Waals surface area (Å²) in [6.45, 7) is 0.309. The molecule has 0 aliphatic carbocycles. The second-order valence-corrected chi connectivity index (χ2v) is 6.15. The topological polar surface area (TPSA) is 71.1 Å². The molecule has 0 atom stereocenters. The van der Waals surface area contributed by atoms with E-state index in [9.17, 15) is 22.8 Å². The highest BCUT2D eigenvalue weighted by molar-refractivity contribution is 6.06. The Kier molecular flexibility index (Phi) is 5.92. The molecule has 29 heavy (non-hydrogen) atoms. The SMILES string of the molecule is O=C(NCc1ccncc1)c1cccc(C(=O)Nc2ccc(C(F)(F)F)cc2)c1. The van der Waals surface area contributed by atoms with Gasteiger partial charge in [-0.15, -0.1) is 0 Å². The maximum absolute atomic E-state index is 12.6. The second-order valence-electron chi connectivity index (χ2n) is 6.15. The summed E-state index contributed by atoms with van der Waals surface area (Å²) in [5.41, 5.74) is 0.795. The Labute approximate surface area is 164 Å². The van der Waals surface area contributed by atoms with Crippen LogP contribution in [-0.4, -0.2) is 16.8 Å². The van der Waals surface area contributed by atoms with Crippen molar-refractivity contribution in [3.63, 3.8) is 0 Å². The van der Waals surface area contributed by atoms with Gasteiger partial charge in [-0.1, -0.05) is 6.07 Å². The summed E-state index contributed by atoms with van der Waals surface area (Å²) in [6.07, 6.45) is -1.21. The summed E-state index contributed by atoms with van der Waals surface area (Å²) in [5, 5.41) is 5.26. The van der Waals surface area contributed by atoms with Crippen LogP contribution in [0.15, 0.2) is 73.1 Å². The van der Waals surface area contributed by atoms with Crippen LogP contribution in [0, 0.1) is 0 Å². The smallest absolute Gasteiger partial charge is 0.348 e. The molecule has 0 unspecified atom stereocenters. The third-order valence-corrected chi connectivity index (χ3v) is 4.06. The van der Waals surface area contributed by atoms with Crippen molar-refractivity contribution in [2.45, 2.75) is 12.7 Å². The van der Waals surface area contributed by atoms with Crippen molar-refractivity contribution < 1.29 is 22.8 Å². The molecular weight excluding hydrogens is 383 g/mol. The molecule has 0 aliphatic rings. The van der Waals surface area contributed by atoms with Crippen LogP contribution in [-0.2, 0) is 12.7 Å². The number of amides is 2. The lowest BCUT2D eigenvalue weighted by molar-refractivity contribution is -0.137. The van der Waals surface area contributed by atoms with Gasteiger partial charge in [0, 0.05) is 35.8 Å². The molecule has 1 aromatic heterocycles. The average Bonchev–Trinajstić information content (AvgIpc) is 2.72. The van der Waals surface area contributed by atoms with Crippen LogP contribution >= 0.6 is 0 Å². The Morgan fingerprint density at radius 1 is 0.862 bits per heavy atom. The first-order chi connectivity index (χ1) is 13.8. The number of pyridine rings is 1. The van der Waals surface area contributed by atoms with Gasteiger partial charge in [-0.25, -0.2) is 0 Å². The zero-order valence-electron chi connectivity index (χ0n) is 15.0. The number of nitrogens with zero attached hydrogens (tertiary/aromatic N) is 1. The van der Waals surface area contributed by atoms with Crippen LogP contribution in [0.1, 0.15) is 31.8 Å². The molecular formula is C21H16F3N3O2. The number of anilines is 1. The van der Waals surface area contributed by atoms with Gasteiger partial charge in [0.25, 0.3) is 11.8 Å². The molecule has 0 bridgehead atoms. The number of nitrogens with one attached hydrogen (secondary N) is 2. The van der Waals surface area contributed by atoms with Gasteiger partial charge in [0.1, 0.15) is 0 Å². The van der Waals surface area contributed by atoms with Crippen LogP contribution in [0.25, 0.3) is 0 Å². The molecule has 2 amide bonds. The molecule has 0 radical (unpaired) electrons. The molecule has 0 fully saturated rings. The third kappa shape index (κ3) is 5.41. The molecule has 5 nitrogen and oxygen atoms in total. The quantitative estimate of drug-likeness (QED) is 0.673. The van der Waals surface area contributed by atoms with Crippen LogP contribution < -0.4 is 10.6 Å². The first-order valence-corrected chi connectivity index (χ1v) is 8.59. The number of halogens is 3. The Bertz CT molecular complexity index is 1000. The first-order valence-electron chi connectivity index (χ1n) is 8.59. The molecule has 1 heterocycles. The monoisotopic (exact) mass is 399 g/mol. The van der Waals surface area contributed by atoms with E-state index in [2.05, 4.69) is 15.6 Å². The fraction of sp³-hybridized carbons (Fsp3) is 0.0952. The van der Waals surface area contributed by atoms with E-state index >= 15 is 0 Å². The van der Waals surface area contributed by atoms with Gasteiger partial charge in [0.05, 0.1) is 5.56 Å². The summed E-state index contributed by atoms with van der Waals surface area (Å²) in [7, 11) is 0. The van der Waals surface area contributed by atoms with Crippen molar-refractivity contribution in [2.75, 3.05) is 5.32 Å². The lowest BCUT2D eigenvalue weighted by Crippen LogP contribution is -2.23. The summed E-state index contributed by atoms with van der Waals surface area (Å²) in [4.78, 5) is 28.6. The summed E-state index contributed by atoms with van der Waals surface area (Å²) >= 11 is 0. The zero-order chi connectivity index (χ0) is 20.9. The predicted octanol–water partition coefficient (Wildman–Crippen LogP) is 4.28. The van der Waals surface area contributed by atoms with E-state index in [1.807, 2.05) is 0 Å². The van der Waals surface area contributed by atoms with Crippen molar-refractivity contribution in [2.24, 2.45) is 0 Å². The molecule has 0 saturated heterocycles. The molecule has 8 heteroatoms. The zero-order valence-corrected chi connectivity index (χ0v) is 15.0. The predicted molar refractivity (Wildman–Crippen MR) is 101 cm³/mol. The molecule has 0 spiro atoms. The fourth-order valence-electron chi connectivity index (χ4n) is 2.53.